The van der Waals surface area contributed by atoms with E-state index in [0.717, 1.165) is 29.6 Å². The Labute approximate surface area is 171 Å². The lowest BCUT2D eigenvalue weighted by Gasteiger charge is -2.30. The number of benzene rings is 1. The highest BCUT2D eigenvalue weighted by molar-refractivity contribution is 6.00. The lowest BCUT2D eigenvalue weighted by Crippen LogP contribution is -2.42. The van der Waals surface area contributed by atoms with Crippen LogP contribution in [0.25, 0.3) is 11.0 Å². The zero-order valence-electron chi connectivity index (χ0n) is 17.3. The lowest BCUT2D eigenvalue weighted by atomic mass is 9.76. The maximum atomic E-state index is 13.0. The van der Waals surface area contributed by atoms with Gasteiger partial charge in [-0.1, -0.05) is 32.1 Å². The van der Waals surface area contributed by atoms with Gasteiger partial charge < -0.3 is 19.8 Å². The molecule has 2 N–H and O–H groups in total. The molecule has 1 aromatic heterocycles. The summed E-state index contributed by atoms with van der Waals surface area (Å²) in [5.41, 5.74) is 2.06. The molecule has 1 amide bonds. The largest absolute Gasteiger partial charge is 0.460 e. The van der Waals surface area contributed by atoms with Gasteiger partial charge in [0.05, 0.1) is 12.6 Å². The third kappa shape index (κ3) is 4.04. The molecule has 1 saturated carbocycles. The number of rotatable bonds is 5. The minimum Gasteiger partial charge on any atom is -0.460 e. The van der Waals surface area contributed by atoms with E-state index < -0.39 is 5.97 Å². The molecular formula is C23H30N2O4. The number of amides is 1. The summed E-state index contributed by atoms with van der Waals surface area (Å²) in [6.07, 6.45) is 7.46. The van der Waals surface area contributed by atoms with Crippen molar-refractivity contribution in [2.24, 2.45) is 11.8 Å². The molecule has 29 heavy (non-hydrogen) atoms. The fourth-order valence-corrected chi connectivity index (χ4v) is 4.99. The van der Waals surface area contributed by atoms with E-state index in [-0.39, 0.29) is 17.7 Å². The number of carbonyl (C=O) groups is 2. The van der Waals surface area contributed by atoms with Crippen LogP contribution < -0.4 is 10.6 Å². The Morgan fingerprint density at radius 2 is 2.00 bits per heavy atom. The van der Waals surface area contributed by atoms with Crippen molar-refractivity contribution in [3.05, 3.63) is 29.5 Å². The van der Waals surface area contributed by atoms with E-state index in [1.807, 2.05) is 19.1 Å². The molecule has 1 saturated heterocycles. The van der Waals surface area contributed by atoms with Crippen LogP contribution in [0.3, 0.4) is 0 Å². The molecule has 4 rings (SSSR count). The van der Waals surface area contributed by atoms with Crippen LogP contribution in [0.4, 0.5) is 5.69 Å². The molecule has 2 atom stereocenters. The van der Waals surface area contributed by atoms with Crippen molar-refractivity contribution in [2.45, 2.75) is 58.4 Å². The first kappa shape index (κ1) is 20.0. The highest BCUT2D eigenvalue weighted by atomic mass is 16.5. The Morgan fingerprint density at radius 3 is 2.76 bits per heavy atom. The van der Waals surface area contributed by atoms with Crippen LogP contribution in [0, 0.1) is 18.8 Å². The van der Waals surface area contributed by atoms with E-state index >= 15 is 0 Å². The molecule has 6 nitrogen and oxygen atoms in total. The highest BCUT2D eigenvalue weighted by Crippen LogP contribution is 2.36. The van der Waals surface area contributed by atoms with Crippen molar-refractivity contribution >= 4 is 28.5 Å². The van der Waals surface area contributed by atoms with E-state index in [0.29, 0.717) is 24.0 Å². The van der Waals surface area contributed by atoms with Crippen molar-refractivity contribution in [3.8, 4) is 0 Å². The summed E-state index contributed by atoms with van der Waals surface area (Å²) in [7, 11) is 0. The third-order valence-electron chi connectivity index (χ3n) is 6.47. The van der Waals surface area contributed by atoms with E-state index in [4.69, 9.17) is 9.15 Å². The van der Waals surface area contributed by atoms with Crippen molar-refractivity contribution in [1.82, 2.24) is 5.32 Å². The second kappa shape index (κ2) is 8.57. The predicted molar refractivity (Wildman–Crippen MR) is 112 cm³/mol. The Balaban J connectivity index is 1.50. The number of nitrogens with one attached hydrogen (secondary N) is 2. The summed E-state index contributed by atoms with van der Waals surface area (Å²) in [6.45, 7) is 4.80. The van der Waals surface area contributed by atoms with Crippen LogP contribution in [0.15, 0.2) is 22.6 Å². The van der Waals surface area contributed by atoms with Crippen LogP contribution in [-0.2, 0) is 9.53 Å². The van der Waals surface area contributed by atoms with Gasteiger partial charge in [-0.15, -0.1) is 0 Å². The molecule has 6 heteroatoms. The first-order chi connectivity index (χ1) is 14.1. The second-order valence-corrected chi connectivity index (χ2v) is 8.26. The Morgan fingerprint density at radius 1 is 1.21 bits per heavy atom. The van der Waals surface area contributed by atoms with Crippen LogP contribution in [-0.4, -0.2) is 31.1 Å². The molecule has 2 aliphatic rings. The first-order valence-electron chi connectivity index (χ1n) is 10.8. The predicted octanol–water partition coefficient (Wildman–Crippen LogP) is 4.41. The van der Waals surface area contributed by atoms with E-state index in [2.05, 4.69) is 10.6 Å². The average molecular weight is 399 g/mol. The molecule has 1 aliphatic carbocycles. The van der Waals surface area contributed by atoms with Crippen LogP contribution in [0.1, 0.15) is 61.6 Å². The molecule has 1 aromatic carbocycles. The van der Waals surface area contributed by atoms with Crippen molar-refractivity contribution in [3.63, 3.8) is 0 Å². The van der Waals surface area contributed by atoms with Gasteiger partial charge in [-0.3, -0.25) is 4.79 Å². The Hall–Kier alpha value is -2.34. The number of hydrogen-bond donors (Lipinski definition) is 2. The number of hydrogen-bond acceptors (Lipinski definition) is 5. The highest BCUT2D eigenvalue weighted by Gasteiger charge is 2.38. The SMILES string of the molecule is CCOC(=O)c1oc2ccc(NC(=O)[C@H]3NCCC3C3CCCCC3)cc2c1C. The normalized spacial score (nSPS) is 22.7. The quantitative estimate of drug-likeness (QED) is 0.729. The maximum Gasteiger partial charge on any atom is 0.374 e. The molecule has 0 spiro atoms. The van der Waals surface area contributed by atoms with Gasteiger partial charge in [0.25, 0.3) is 0 Å². The lowest BCUT2D eigenvalue weighted by molar-refractivity contribution is -0.119. The monoisotopic (exact) mass is 398 g/mol. The first-order valence-corrected chi connectivity index (χ1v) is 10.8. The number of furan rings is 1. The van der Waals surface area contributed by atoms with Gasteiger partial charge >= 0.3 is 5.97 Å². The van der Waals surface area contributed by atoms with Gasteiger partial charge in [0.2, 0.25) is 11.7 Å². The third-order valence-corrected chi connectivity index (χ3v) is 6.47. The number of ether oxygens (including phenoxy) is 1. The number of anilines is 1. The van der Waals surface area contributed by atoms with Crippen molar-refractivity contribution < 1.29 is 18.7 Å². The van der Waals surface area contributed by atoms with Gasteiger partial charge in [-0.2, -0.15) is 0 Å². The van der Waals surface area contributed by atoms with Gasteiger partial charge in [0.1, 0.15) is 5.58 Å². The summed E-state index contributed by atoms with van der Waals surface area (Å²) in [4.78, 5) is 25.1. The zero-order valence-corrected chi connectivity index (χ0v) is 17.3. The summed E-state index contributed by atoms with van der Waals surface area (Å²) in [5.74, 6) is 0.868. The fraction of sp³-hybridized carbons (Fsp3) is 0.565. The van der Waals surface area contributed by atoms with Gasteiger partial charge in [0.15, 0.2) is 0 Å². The molecule has 0 radical (unpaired) electrons. The minimum absolute atomic E-state index is 0.0317. The van der Waals surface area contributed by atoms with Crippen LogP contribution in [0.2, 0.25) is 0 Å². The van der Waals surface area contributed by atoms with Gasteiger partial charge in [0, 0.05) is 16.6 Å². The molecular weight excluding hydrogens is 368 g/mol. The molecule has 2 fully saturated rings. The summed E-state index contributed by atoms with van der Waals surface area (Å²) >= 11 is 0. The Kier molecular flexibility index (Phi) is 5.90. The number of fused-ring (bicyclic) bond motifs is 1. The smallest absolute Gasteiger partial charge is 0.374 e. The molecule has 2 heterocycles. The number of esters is 1. The van der Waals surface area contributed by atoms with E-state index in [9.17, 15) is 9.59 Å². The summed E-state index contributed by atoms with van der Waals surface area (Å²) in [5, 5.41) is 7.30. The Bertz CT molecular complexity index is 898. The molecule has 156 valence electrons. The zero-order chi connectivity index (χ0) is 20.4. The van der Waals surface area contributed by atoms with Gasteiger partial charge in [-0.25, -0.2) is 4.79 Å². The molecule has 1 aliphatic heterocycles. The average Bonchev–Trinajstić information content (AvgIpc) is 3.34. The molecule has 0 bridgehead atoms. The number of carbonyl (C=O) groups excluding carboxylic acids is 2. The topological polar surface area (TPSA) is 80.6 Å². The standard InChI is InChI=1S/C23H30N2O4/c1-3-28-23(27)21-14(2)18-13-16(9-10-19(18)29-21)25-22(26)20-17(11-12-24-20)15-7-5-4-6-8-15/h9-10,13,15,17,20,24H,3-8,11-12H2,1-2H3,(H,25,26)/t17?,20-/m0/s1. The second-order valence-electron chi connectivity index (χ2n) is 8.26. The van der Waals surface area contributed by atoms with Crippen molar-refractivity contribution in [1.29, 1.82) is 0 Å². The maximum absolute atomic E-state index is 13.0. The van der Waals surface area contributed by atoms with Crippen LogP contribution in [0.5, 0.6) is 0 Å². The summed E-state index contributed by atoms with van der Waals surface area (Å²) < 4.78 is 10.7. The fourth-order valence-electron chi connectivity index (χ4n) is 4.99. The van der Waals surface area contributed by atoms with E-state index in [1.165, 1.54) is 32.1 Å². The molecule has 2 aromatic rings. The minimum atomic E-state index is -0.461. The van der Waals surface area contributed by atoms with Crippen LogP contribution >= 0.6 is 0 Å². The van der Waals surface area contributed by atoms with Gasteiger partial charge in [-0.05, 0) is 56.8 Å². The summed E-state index contributed by atoms with van der Waals surface area (Å²) in [6, 6.07) is 5.36. The number of aryl methyl sites for hydroxylation is 1. The van der Waals surface area contributed by atoms with Crippen molar-refractivity contribution in [2.75, 3.05) is 18.5 Å². The molecule has 1 unspecified atom stereocenters. The van der Waals surface area contributed by atoms with E-state index in [1.54, 1.807) is 13.0 Å².